The fraction of sp³-hybridized carbons (Fsp3) is 0.765. The lowest BCUT2D eigenvalue weighted by molar-refractivity contribution is -0.157. The highest BCUT2D eigenvalue weighted by atomic mass is 16.5. The first-order valence-corrected chi connectivity index (χ1v) is 17.4. The van der Waals surface area contributed by atoms with Gasteiger partial charge in [0.05, 0.1) is 12.0 Å². The molecule has 48 heavy (non-hydrogen) atoms. The minimum Gasteiger partial charge on any atom is -0.460 e. The Morgan fingerprint density at radius 3 is 2.21 bits per heavy atom. The maximum atomic E-state index is 14.0. The van der Waals surface area contributed by atoms with Gasteiger partial charge in [0.15, 0.2) is 0 Å². The van der Waals surface area contributed by atoms with Gasteiger partial charge in [0.25, 0.3) is 0 Å². The Kier molecular flexibility index (Phi) is 17.0. The van der Waals surface area contributed by atoms with Gasteiger partial charge in [0.2, 0.25) is 29.5 Å². The molecule has 7 N–H and O–H groups in total. The van der Waals surface area contributed by atoms with E-state index in [1.54, 1.807) is 13.0 Å². The second-order valence-corrected chi connectivity index (χ2v) is 13.6. The number of amides is 5. The highest BCUT2D eigenvalue weighted by molar-refractivity contribution is 5.96. The minimum absolute atomic E-state index is 0.0122. The first-order valence-electron chi connectivity index (χ1n) is 17.4. The Morgan fingerprint density at radius 2 is 1.62 bits per heavy atom. The Bertz CT molecular complexity index is 1120. The van der Waals surface area contributed by atoms with Gasteiger partial charge in [-0.25, -0.2) is 0 Å². The molecule has 1 aliphatic carbocycles. The van der Waals surface area contributed by atoms with Gasteiger partial charge in [0, 0.05) is 13.6 Å². The molecular weight excluding hydrogens is 620 g/mol. The van der Waals surface area contributed by atoms with Crippen LogP contribution in [0.1, 0.15) is 91.9 Å². The number of ether oxygens (including phenoxy) is 1. The summed E-state index contributed by atoms with van der Waals surface area (Å²) in [7, 11) is 1.53. The quantitative estimate of drug-likeness (QED) is 0.109. The van der Waals surface area contributed by atoms with Crippen molar-refractivity contribution in [2.24, 2.45) is 23.5 Å². The lowest BCUT2D eigenvalue weighted by Gasteiger charge is -2.36. The largest absolute Gasteiger partial charge is 0.460 e. The van der Waals surface area contributed by atoms with E-state index in [1.165, 1.54) is 18.9 Å². The van der Waals surface area contributed by atoms with Crippen LogP contribution in [0.5, 0.6) is 0 Å². The number of nitrogens with two attached hydrogens (primary N) is 1. The number of nitrogens with zero attached hydrogens (tertiary/aromatic N) is 1. The zero-order valence-electron chi connectivity index (χ0n) is 29.3. The minimum atomic E-state index is -1.48. The molecule has 14 nitrogen and oxygen atoms in total. The number of likely N-dealkylation sites (N-methyl/N-ethyl adjacent to an activating group) is 1. The summed E-state index contributed by atoms with van der Waals surface area (Å²) in [6.07, 6.45) is 6.44. The Labute approximate surface area is 284 Å². The van der Waals surface area contributed by atoms with Gasteiger partial charge in [-0.15, -0.1) is 6.58 Å². The van der Waals surface area contributed by atoms with Crippen molar-refractivity contribution in [3.05, 3.63) is 12.7 Å². The smallest absolute Gasteiger partial charge is 0.325 e. The lowest BCUT2D eigenvalue weighted by Crippen LogP contribution is -2.62. The molecule has 2 rings (SSSR count). The van der Waals surface area contributed by atoms with E-state index < -0.39 is 84.3 Å². The fourth-order valence-corrected chi connectivity index (χ4v) is 6.31. The third kappa shape index (κ3) is 12.2. The average Bonchev–Trinajstić information content (AvgIpc) is 3.05. The molecule has 0 aromatic heterocycles. The molecule has 1 saturated heterocycles. The summed E-state index contributed by atoms with van der Waals surface area (Å²) in [5.41, 5.74) is 5.87. The molecule has 2 aliphatic rings. The molecule has 0 bridgehead atoms. The highest BCUT2D eigenvalue weighted by Crippen LogP contribution is 2.28. The van der Waals surface area contributed by atoms with E-state index >= 15 is 0 Å². The van der Waals surface area contributed by atoms with Crippen LogP contribution in [0.25, 0.3) is 0 Å². The first kappa shape index (κ1) is 40.7. The van der Waals surface area contributed by atoms with Crippen LogP contribution in [-0.4, -0.2) is 102 Å². The number of cyclic esters (lactones) is 1. The van der Waals surface area contributed by atoms with Crippen molar-refractivity contribution in [3.63, 3.8) is 0 Å². The predicted molar refractivity (Wildman–Crippen MR) is 180 cm³/mol. The number of nitrogens with one attached hydrogen (secondary N) is 4. The fourth-order valence-electron chi connectivity index (χ4n) is 6.31. The van der Waals surface area contributed by atoms with Gasteiger partial charge in [-0.2, -0.15) is 0 Å². The number of rotatable bonds is 10. The summed E-state index contributed by atoms with van der Waals surface area (Å²) < 4.78 is 5.73. The molecule has 7 atom stereocenters. The number of esters is 1. The zero-order chi connectivity index (χ0) is 36.0. The molecule has 5 amide bonds. The Morgan fingerprint density at radius 1 is 0.958 bits per heavy atom. The van der Waals surface area contributed by atoms with Gasteiger partial charge < -0.3 is 41.7 Å². The monoisotopic (exact) mass is 678 g/mol. The summed E-state index contributed by atoms with van der Waals surface area (Å²) in [5, 5.41) is 20.7. The van der Waals surface area contributed by atoms with Crippen LogP contribution in [0.15, 0.2) is 12.7 Å². The van der Waals surface area contributed by atoms with Crippen molar-refractivity contribution < 1.29 is 38.6 Å². The Balaban J connectivity index is 2.56. The van der Waals surface area contributed by atoms with Crippen LogP contribution in [0, 0.1) is 17.8 Å². The number of carbonyl (C=O) groups is 6. The number of unbranched alkanes of at least 4 members (excludes halogenated alkanes) is 2. The van der Waals surface area contributed by atoms with Crippen LogP contribution < -0.4 is 27.0 Å². The standard InChI is InChI=1S/C34H58N6O8/c1-7-8-9-13-16-26-21(4)34(47)40(6)25(17-20(2)3)31(44)39-29(23-14-11-10-12-15-23)33(46)37-24(18-35)30(43)38-28(22(5)41)32(45)36-19-27(42)48-26/h7,20-26,28-29,41H,1,8-19,35H2,2-6H3,(H,36,45)(H,37,46)(H,38,43)(H,39,44)/t21-,22?,24+,25+,26-,28+,29+/m1/s1. The van der Waals surface area contributed by atoms with Crippen LogP contribution in [0.2, 0.25) is 0 Å². The molecule has 0 aromatic rings. The van der Waals surface area contributed by atoms with Crippen molar-refractivity contribution in [2.45, 2.75) is 128 Å². The molecule has 272 valence electrons. The van der Waals surface area contributed by atoms with Crippen molar-refractivity contribution in [1.29, 1.82) is 0 Å². The number of aliphatic hydroxyl groups excluding tert-OH is 1. The summed E-state index contributed by atoms with van der Waals surface area (Å²) in [4.78, 5) is 82.4. The molecule has 0 spiro atoms. The molecule has 1 unspecified atom stereocenters. The second kappa shape index (κ2) is 20.1. The summed E-state index contributed by atoms with van der Waals surface area (Å²) in [6, 6.07) is -4.71. The zero-order valence-corrected chi connectivity index (χ0v) is 29.3. The van der Waals surface area contributed by atoms with E-state index in [0.717, 1.165) is 32.1 Å². The summed E-state index contributed by atoms with van der Waals surface area (Å²) >= 11 is 0. The predicted octanol–water partition coefficient (Wildman–Crippen LogP) is 0.658. The number of carbonyl (C=O) groups excluding carboxylic acids is 6. The Hall–Kier alpha value is -3.52. The third-order valence-electron chi connectivity index (χ3n) is 9.23. The van der Waals surface area contributed by atoms with Crippen molar-refractivity contribution >= 4 is 35.5 Å². The third-order valence-corrected chi connectivity index (χ3v) is 9.23. The molecule has 0 aromatic carbocycles. The highest BCUT2D eigenvalue weighted by Gasteiger charge is 2.39. The van der Waals surface area contributed by atoms with E-state index in [1.807, 2.05) is 13.8 Å². The average molecular weight is 679 g/mol. The lowest BCUT2D eigenvalue weighted by atomic mass is 9.83. The van der Waals surface area contributed by atoms with E-state index in [-0.39, 0.29) is 18.4 Å². The maximum absolute atomic E-state index is 14.0. The normalized spacial score (nSPS) is 28.6. The van der Waals surface area contributed by atoms with E-state index in [4.69, 9.17) is 10.5 Å². The number of aliphatic hydroxyl groups is 1. The van der Waals surface area contributed by atoms with E-state index in [9.17, 15) is 33.9 Å². The van der Waals surface area contributed by atoms with Gasteiger partial charge >= 0.3 is 5.97 Å². The van der Waals surface area contributed by atoms with Crippen molar-refractivity contribution in [1.82, 2.24) is 26.2 Å². The summed E-state index contributed by atoms with van der Waals surface area (Å²) in [6.45, 7) is 9.60. The van der Waals surface area contributed by atoms with Crippen LogP contribution >= 0.6 is 0 Å². The SMILES string of the molecule is C=CCCCC[C@H]1OC(=O)CNC(=O)[C@H](C(C)O)NC(=O)[C@H](CN)NC(=O)[C@H](C2CCCCC2)NC(=O)[C@H](CC(C)C)N(C)C(=O)[C@@H]1C. The number of allylic oxidation sites excluding steroid dienone is 1. The molecule has 14 heteroatoms. The van der Waals surface area contributed by atoms with Gasteiger partial charge in [-0.1, -0.05) is 46.1 Å². The van der Waals surface area contributed by atoms with Crippen LogP contribution in [0.4, 0.5) is 0 Å². The van der Waals surface area contributed by atoms with Gasteiger partial charge in [-0.05, 0) is 63.7 Å². The maximum Gasteiger partial charge on any atom is 0.325 e. The molecule has 0 radical (unpaired) electrons. The molecule has 1 saturated carbocycles. The molecular formula is C34H58N6O8. The summed E-state index contributed by atoms with van der Waals surface area (Å²) in [5.74, 6) is -5.06. The van der Waals surface area contributed by atoms with E-state index in [2.05, 4.69) is 27.8 Å². The topological polar surface area (TPSA) is 209 Å². The van der Waals surface area contributed by atoms with Crippen LogP contribution in [0.3, 0.4) is 0 Å². The number of hydrogen-bond acceptors (Lipinski definition) is 9. The molecule has 1 aliphatic heterocycles. The molecule has 2 fully saturated rings. The second-order valence-electron chi connectivity index (χ2n) is 13.6. The molecule has 1 heterocycles. The van der Waals surface area contributed by atoms with Crippen LogP contribution in [-0.2, 0) is 33.5 Å². The first-order chi connectivity index (χ1) is 22.7. The van der Waals surface area contributed by atoms with Gasteiger partial charge in [0.1, 0.15) is 36.8 Å². The number of hydrogen-bond donors (Lipinski definition) is 6. The van der Waals surface area contributed by atoms with Crippen molar-refractivity contribution in [2.75, 3.05) is 20.1 Å². The van der Waals surface area contributed by atoms with Crippen molar-refractivity contribution in [3.8, 4) is 0 Å². The van der Waals surface area contributed by atoms with Gasteiger partial charge in [-0.3, -0.25) is 28.8 Å². The van der Waals surface area contributed by atoms with E-state index in [0.29, 0.717) is 32.1 Å².